The number of nitrogens with zero attached hydrogens (tertiary/aromatic N) is 1. The molecule has 0 aromatic carbocycles. The summed E-state index contributed by atoms with van der Waals surface area (Å²) in [4.78, 5) is 4.15. The maximum absolute atomic E-state index is 8.42. The minimum atomic E-state index is 0.400. The van der Waals surface area contributed by atoms with Gasteiger partial charge >= 0.3 is 0 Å². The SMILES string of the molecule is CCC[C@H](CC)CN=C(N)/C=C\O. The molecule has 0 heterocycles. The summed E-state index contributed by atoms with van der Waals surface area (Å²) >= 11 is 0. The second kappa shape index (κ2) is 7.65. The smallest absolute Gasteiger partial charge is 0.121 e. The van der Waals surface area contributed by atoms with Gasteiger partial charge in [0.2, 0.25) is 0 Å². The Morgan fingerprint density at radius 2 is 2.23 bits per heavy atom. The highest BCUT2D eigenvalue weighted by Gasteiger charge is 2.02. The Labute approximate surface area is 80.4 Å². The molecule has 3 heteroatoms. The van der Waals surface area contributed by atoms with Crippen LogP contribution in [0, 0.1) is 5.92 Å². The van der Waals surface area contributed by atoms with Crippen LogP contribution in [0.25, 0.3) is 0 Å². The third-order valence-corrected chi connectivity index (χ3v) is 2.05. The summed E-state index contributed by atoms with van der Waals surface area (Å²) in [6, 6.07) is 0. The van der Waals surface area contributed by atoms with Crippen molar-refractivity contribution in [2.75, 3.05) is 6.54 Å². The first-order chi connectivity index (χ1) is 6.24. The van der Waals surface area contributed by atoms with Crippen molar-refractivity contribution < 1.29 is 5.11 Å². The fraction of sp³-hybridized carbons (Fsp3) is 0.700. The summed E-state index contributed by atoms with van der Waals surface area (Å²) in [5, 5.41) is 8.42. The molecule has 0 bridgehead atoms. The van der Waals surface area contributed by atoms with E-state index in [-0.39, 0.29) is 0 Å². The molecule has 0 aliphatic rings. The Morgan fingerprint density at radius 1 is 1.54 bits per heavy atom. The highest BCUT2D eigenvalue weighted by molar-refractivity contribution is 5.91. The third kappa shape index (κ3) is 6.20. The molecule has 0 unspecified atom stereocenters. The van der Waals surface area contributed by atoms with Crippen LogP contribution in [0.1, 0.15) is 33.1 Å². The zero-order chi connectivity index (χ0) is 10.1. The van der Waals surface area contributed by atoms with Crippen molar-refractivity contribution in [3.05, 3.63) is 12.3 Å². The van der Waals surface area contributed by atoms with Crippen LogP contribution in [0.5, 0.6) is 0 Å². The van der Waals surface area contributed by atoms with Crippen molar-refractivity contribution in [1.29, 1.82) is 0 Å². The van der Waals surface area contributed by atoms with Crippen molar-refractivity contribution in [2.45, 2.75) is 33.1 Å². The van der Waals surface area contributed by atoms with Gasteiger partial charge in [-0.3, -0.25) is 4.99 Å². The normalized spacial score (nSPS) is 15.1. The number of aliphatic hydroxyl groups is 1. The van der Waals surface area contributed by atoms with Gasteiger partial charge in [0.15, 0.2) is 0 Å². The topological polar surface area (TPSA) is 58.6 Å². The minimum Gasteiger partial charge on any atom is -0.515 e. The second-order valence-electron chi connectivity index (χ2n) is 3.14. The van der Waals surface area contributed by atoms with Crippen LogP contribution in [0.3, 0.4) is 0 Å². The molecular weight excluding hydrogens is 164 g/mol. The van der Waals surface area contributed by atoms with Gasteiger partial charge < -0.3 is 10.8 Å². The lowest BCUT2D eigenvalue weighted by atomic mass is 10.0. The molecule has 0 spiro atoms. The maximum Gasteiger partial charge on any atom is 0.121 e. The van der Waals surface area contributed by atoms with Crippen molar-refractivity contribution in [3.8, 4) is 0 Å². The number of aliphatic hydroxyl groups excluding tert-OH is 1. The highest BCUT2D eigenvalue weighted by atomic mass is 16.2. The van der Waals surface area contributed by atoms with Crippen LogP contribution in [0.4, 0.5) is 0 Å². The summed E-state index contributed by atoms with van der Waals surface area (Å²) in [5.74, 6) is 1.02. The highest BCUT2D eigenvalue weighted by Crippen LogP contribution is 2.10. The summed E-state index contributed by atoms with van der Waals surface area (Å²) in [6.45, 7) is 5.10. The first-order valence-electron chi connectivity index (χ1n) is 4.85. The number of rotatable bonds is 6. The predicted octanol–water partition coefficient (Wildman–Crippen LogP) is 2.24. The lowest BCUT2D eigenvalue weighted by Gasteiger charge is -2.09. The maximum atomic E-state index is 8.42. The molecule has 3 N–H and O–H groups in total. The van der Waals surface area contributed by atoms with Gasteiger partial charge in [-0.15, -0.1) is 0 Å². The summed E-state index contributed by atoms with van der Waals surface area (Å²) in [5.41, 5.74) is 5.49. The van der Waals surface area contributed by atoms with Gasteiger partial charge in [0.1, 0.15) is 5.84 Å². The van der Waals surface area contributed by atoms with E-state index in [1.54, 1.807) is 0 Å². The molecule has 0 aliphatic carbocycles. The van der Waals surface area contributed by atoms with Gasteiger partial charge in [-0.2, -0.15) is 0 Å². The average Bonchev–Trinajstić information content (AvgIpc) is 2.12. The Morgan fingerprint density at radius 3 is 2.69 bits per heavy atom. The van der Waals surface area contributed by atoms with Gasteiger partial charge in [0.05, 0.1) is 6.26 Å². The second-order valence-corrected chi connectivity index (χ2v) is 3.14. The standard InChI is InChI=1S/C10H20N2O/c1-3-5-9(4-2)8-12-10(11)6-7-13/h6-7,9,13H,3-5,8H2,1-2H3,(H2,11,12)/b7-6-/t9-/m0/s1. The molecule has 0 fully saturated rings. The van der Waals surface area contributed by atoms with Crippen molar-refractivity contribution in [1.82, 2.24) is 0 Å². The Bertz CT molecular complexity index is 176. The fourth-order valence-corrected chi connectivity index (χ4v) is 1.20. The molecule has 1 atom stereocenters. The molecule has 0 aromatic rings. The van der Waals surface area contributed by atoms with Gasteiger partial charge in [-0.25, -0.2) is 0 Å². The lowest BCUT2D eigenvalue weighted by Crippen LogP contribution is -2.12. The van der Waals surface area contributed by atoms with Crippen molar-refractivity contribution >= 4 is 5.84 Å². The zero-order valence-corrected chi connectivity index (χ0v) is 8.53. The number of hydrogen-bond donors (Lipinski definition) is 2. The molecule has 0 saturated heterocycles. The van der Waals surface area contributed by atoms with E-state index in [0.29, 0.717) is 11.8 Å². The van der Waals surface area contributed by atoms with E-state index in [2.05, 4.69) is 18.8 Å². The molecule has 0 saturated carbocycles. The van der Waals surface area contributed by atoms with E-state index in [0.717, 1.165) is 19.2 Å². The van der Waals surface area contributed by atoms with Crippen LogP contribution < -0.4 is 5.73 Å². The largest absolute Gasteiger partial charge is 0.515 e. The minimum absolute atomic E-state index is 0.400. The van der Waals surface area contributed by atoms with Crippen molar-refractivity contribution in [3.63, 3.8) is 0 Å². The quantitative estimate of drug-likeness (QED) is 0.378. The van der Waals surface area contributed by atoms with Crippen LogP contribution >= 0.6 is 0 Å². The van der Waals surface area contributed by atoms with Crippen LogP contribution in [-0.2, 0) is 0 Å². The zero-order valence-electron chi connectivity index (χ0n) is 8.53. The summed E-state index contributed by atoms with van der Waals surface area (Å²) in [7, 11) is 0. The van der Waals surface area contributed by atoms with Gasteiger partial charge in [0, 0.05) is 12.6 Å². The molecular formula is C10H20N2O. The molecule has 3 nitrogen and oxygen atoms in total. The first kappa shape index (κ1) is 12.0. The van der Waals surface area contributed by atoms with Crippen LogP contribution in [0.15, 0.2) is 17.3 Å². The van der Waals surface area contributed by atoms with Gasteiger partial charge in [-0.1, -0.05) is 26.7 Å². The Hall–Kier alpha value is -0.990. The van der Waals surface area contributed by atoms with E-state index in [4.69, 9.17) is 10.8 Å². The lowest BCUT2D eigenvalue weighted by molar-refractivity contribution is 0.472. The third-order valence-electron chi connectivity index (χ3n) is 2.05. The number of hydrogen-bond acceptors (Lipinski definition) is 2. The van der Waals surface area contributed by atoms with Crippen LogP contribution in [-0.4, -0.2) is 17.5 Å². The van der Waals surface area contributed by atoms with E-state index in [1.165, 1.54) is 18.9 Å². The molecule has 0 radical (unpaired) electrons. The summed E-state index contributed by atoms with van der Waals surface area (Å²) in [6.07, 6.45) is 5.83. The van der Waals surface area contributed by atoms with Gasteiger partial charge in [-0.05, 0) is 12.3 Å². The average molecular weight is 184 g/mol. The number of nitrogens with two attached hydrogens (primary N) is 1. The fourth-order valence-electron chi connectivity index (χ4n) is 1.20. The molecule has 0 aliphatic heterocycles. The molecule has 76 valence electrons. The van der Waals surface area contributed by atoms with E-state index in [1.807, 2.05) is 0 Å². The van der Waals surface area contributed by atoms with Gasteiger partial charge in [0.25, 0.3) is 0 Å². The van der Waals surface area contributed by atoms with Crippen molar-refractivity contribution in [2.24, 2.45) is 16.6 Å². The Kier molecular flexibility index (Phi) is 7.07. The number of amidine groups is 1. The summed E-state index contributed by atoms with van der Waals surface area (Å²) < 4.78 is 0. The molecule has 13 heavy (non-hydrogen) atoms. The first-order valence-corrected chi connectivity index (χ1v) is 4.85. The van der Waals surface area contributed by atoms with E-state index < -0.39 is 0 Å². The molecule has 0 rings (SSSR count). The van der Waals surface area contributed by atoms with E-state index in [9.17, 15) is 0 Å². The monoisotopic (exact) mass is 184 g/mol. The molecule has 0 aromatic heterocycles. The van der Waals surface area contributed by atoms with E-state index >= 15 is 0 Å². The van der Waals surface area contributed by atoms with Crippen LogP contribution in [0.2, 0.25) is 0 Å². The number of aliphatic imine (C=N–C) groups is 1. The Balaban J connectivity index is 3.87. The molecule has 0 amide bonds. The predicted molar refractivity (Wildman–Crippen MR) is 56.9 cm³/mol.